The summed E-state index contributed by atoms with van der Waals surface area (Å²) in [7, 11) is 0. The van der Waals surface area contributed by atoms with Crippen LogP contribution in [0.3, 0.4) is 0 Å². The van der Waals surface area contributed by atoms with Crippen LogP contribution in [0.25, 0.3) is 0 Å². The lowest BCUT2D eigenvalue weighted by atomic mass is 9.81. The van der Waals surface area contributed by atoms with E-state index in [9.17, 15) is 18.0 Å². The van der Waals surface area contributed by atoms with Gasteiger partial charge in [0.1, 0.15) is 0 Å². The molecule has 8 heteroatoms. The van der Waals surface area contributed by atoms with Crippen LogP contribution in [0.2, 0.25) is 0 Å². The highest BCUT2D eigenvalue weighted by Gasteiger charge is 2.43. The summed E-state index contributed by atoms with van der Waals surface area (Å²) in [5.41, 5.74) is 0. The molecule has 128 valence electrons. The van der Waals surface area contributed by atoms with Crippen molar-refractivity contribution in [2.45, 2.75) is 57.3 Å². The van der Waals surface area contributed by atoms with Crippen molar-refractivity contribution in [2.24, 2.45) is 11.8 Å². The third-order valence-electron chi connectivity index (χ3n) is 5.07. The molecule has 1 saturated carbocycles. The number of carbonyl (C=O) groups is 1. The van der Waals surface area contributed by atoms with E-state index < -0.39 is 12.1 Å². The smallest absolute Gasteiger partial charge is 0.338 e. The third kappa shape index (κ3) is 3.67. The Labute approximate surface area is 132 Å². The topological polar surface area (TPSA) is 51.0 Å². The molecule has 2 fully saturated rings. The Hall–Kier alpha value is -1.60. The number of nitrogens with zero attached hydrogens (tertiary/aromatic N) is 4. The van der Waals surface area contributed by atoms with Gasteiger partial charge in [0.15, 0.2) is 0 Å². The quantitative estimate of drug-likeness (QED) is 0.856. The van der Waals surface area contributed by atoms with Gasteiger partial charge in [0.2, 0.25) is 5.91 Å². The Balaban J connectivity index is 1.57. The van der Waals surface area contributed by atoms with Crippen LogP contribution in [0.1, 0.15) is 38.5 Å². The number of carbonyl (C=O) groups excluding carboxylic acids is 1. The van der Waals surface area contributed by atoms with Gasteiger partial charge in [0.25, 0.3) is 0 Å². The van der Waals surface area contributed by atoms with Crippen molar-refractivity contribution < 1.29 is 18.0 Å². The van der Waals surface area contributed by atoms with Gasteiger partial charge < -0.3 is 4.90 Å². The highest BCUT2D eigenvalue weighted by molar-refractivity contribution is 5.79. The van der Waals surface area contributed by atoms with Crippen LogP contribution in [-0.2, 0) is 11.3 Å². The van der Waals surface area contributed by atoms with Crippen LogP contribution in [0.15, 0.2) is 12.4 Å². The molecule has 0 unspecified atom stereocenters. The first-order valence-corrected chi connectivity index (χ1v) is 8.16. The van der Waals surface area contributed by atoms with Gasteiger partial charge in [-0.25, -0.2) is 0 Å². The third-order valence-corrected chi connectivity index (χ3v) is 5.07. The summed E-state index contributed by atoms with van der Waals surface area (Å²) in [6.07, 6.45) is 1.90. The van der Waals surface area contributed by atoms with E-state index in [4.69, 9.17) is 0 Å². The van der Waals surface area contributed by atoms with E-state index >= 15 is 0 Å². The van der Waals surface area contributed by atoms with Crippen molar-refractivity contribution in [3.63, 3.8) is 0 Å². The molecule has 2 aliphatic rings. The molecular weight excluding hydrogens is 309 g/mol. The number of hydrogen-bond acceptors (Lipinski definition) is 3. The fourth-order valence-electron chi connectivity index (χ4n) is 3.76. The standard InChI is InChI=1S/C15H21F3N4O/c16-15(17,18)12-5-3-11(4-6-12)14(23)22-8-1-2-13(22)10-21-9-7-19-20-21/h7,9,11-13H,1-6,8,10H2/t11?,12?,13-/m0/s1. The Bertz CT molecular complexity index is 523. The summed E-state index contributed by atoms with van der Waals surface area (Å²) >= 11 is 0. The molecule has 2 heterocycles. The molecule has 0 N–H and O–H groups in total. The first kappa shape index (κ1) is 16.3. The van der Waals surface area contributed by atoms with Gasteiger partial charge >= 0.3 is 6.18 Å². The lowest BCUT2D eigenvalue weighted by Gasteiger charge is -2.33. The minimum Gasteiger partial charge on any atom is -0.338 e. The van der Waals surface area contributed by atoms with Crippen molar-refractivity contribution in [2.75, 3.05) is 6.54 Å². The van der Waals surface area contributed by atoms with Crippen LogP contribution in [0, 0.1) is 11.8 Å². The summed E-state index contributed by atoms with van der Waals surface area (Å²) in [6, 6.07) is 0.0736. The number of amides is 1. The molecule has 0 aromatic carbocycles. The molecule has 3 rings (SSSR count). The average molecular weight is 330 g/mol. The number of hydrogen-bond donors (Lipinski definition) is 0. The summed E-state index contributed by atoms with van der Waals surface area (Å²) in [6.45, 7) is 1.29. The molecule has 1 amide bonds. The minimum absolute atomic E-state index is 0.0215. The van der Waals surface area contributed by atoms with E-state index in [2.05, 4.69) is 10.3 Å². The Morgan fingerprint density at radius 3 is 2.52 bits per heavy atom. The van der Waals surface area contributed by atoms with Crippen molar-refractivity contribution in [1.29, 1.82) is 0 Å². The van der Waals surface area contributed by atoms with Crippen LogP contribution in [-0.4, -0.2) is 44.6 Å². The van der Waals surface area contributed by atoms with Crippen molar-refractivity contribution in [1.82, 2.24) is 19.9 Å². The lowest BCUT2D eigenvalue weighted by molar-refractivity contribution is -0.185. The van der Waals surface area contributed by atoms with E-state index in [0.717, 1.165) is 12.8 Å². The average Bonchev–Trinajstić information content (AvgIpc) is 3.18. The Kier molecular flexibility index (Phi) is 4.59. The highest BCUT2D eigenvalue weighted by atomic mass is 19.4. The zero-order chi connectivity index (χ0) is 16.4. The van der Waals surface area contributed by atoms with Crippen molar-refractivity contribution in [3.8, 4) is 0 Å². The maximum absolute atomic E-state index is 12.7. The molecule has 5 nitrogen and oxygen atoms in total. The number of aromatic nitrogens is 3. The highest BCUT2D eigenvalue weighted by Crippen LogP contribution is 2.40. The molecule has 1 aromatic rings. The van der Waals surface area contributed by atoms with E-state index in [0.29, 0.717) is 25.9 Å². The molecule has 1 saturated heterocycles. The van der Waals surface area contributed by atoms with E-state index in [1.807, 2.05) is 4.90 Å². The van der Waals surface area contributed by atoms with Gasteiger partial charge in [-0.05, 0) is 38.5 Å². The molecule has 0 radical (unpaired) electrons. The van der Waals surface area contributed by atoms with E-state index in [1.54, 1.807) is 17.1 Å². The molecule has 1 aliphatic carbocycles. The summed E-state index contributed by atoms with van der Waals surface area (Å²) in [4.78, 5) is 14.5. The zero-order valence-electron chi connectivity index (χ0n) is 12.9. The zero-order valence-corrected chi connectivity index (χ0v) is 12.9. The number of likely N-dealkylation sites (tertiary alicyclic amines) is 1. The fraction of sp³-hybridized carbons (Fsp3) is 0.800. The second-order valence-corrected chi connectivity index (χ2v) is 6.54. The maximum atomic E-state index is 12.7. The van der Waals surface area contributed by atoms with Gasteiger partial charge in [0, 0.05) is 18.7 Å². The number of rotatable bonds is 3. The molecule has 1 aliphatic heterocycles. The van der Waals surface area contributed by atoms with Gasteiger partial charge in [-0.15, -0.1) is 5.10 Å². The lowest BCUT2D eigenvalue weighted by Crippen LogP contribution is -2.43. The van der Waals surface area contributed by atoms with Crippen LogP contribution in [0.5, 0.6) is 0 Å². The second kappa shape index (κ2) is 6.49. The maximum Gasteiger partial charge on any atom is 0.391 e. The summed E-state index contributed by atoms with van der Waals surface area (Å²) < 4.78 is 39.9. The number of alkyl halides is 3. The van der Waals surface area contributed by atoms with Crippen LogP contribution < -0.4 is 0 Å². The first-order chi connectivity index (χ1) is 10.9. The molecular formula is C15H21F3N4O. The van der Waals surface area contributed by atoms with Gasteiger partial charge in [-0.1, -0.05) is 5.21 Å². The molecule has 0 bridgehead atoms. The van der Waals surface area contributed by atoms with Crippen molar-refractivity contribution in [3.05, 3.63) is 12.4 Å². The van der Waals surface area contributed by atoms with Gasteiger partial charge in [-0.2, -0.15) is 13.2 Å². The van der Waals surface area contributed by atoms with Crippen molar-refractivity contribution >= 4 is 5.91 Å². The Morgan fingerprint density at radius 1 is 1.17 bits per heavy atom. The normalized spacial score (nSPS) is 29.0. The molecule has 0 spiro atoms. The predicted octanol–water partition coefficient (Wildman–Crippen LogP) is 2.64. The molecule has 1 atom stereocenters. The Morgan fingerprint density at radius 2 is 1.91 bits per heavy atom. The summed E-state index contributed by atoms with van der Waals surface area (Å²) in [5.74, 6) is -1.48. The monoisotopic (exact) mass is 330 g/mol. The van der Waals surface area contributed by atoms with Crippen LogP contribution in [0.4, 0.5) is 13.2 Å². The largest absolute Gasteiger partial charge is 0.391 e. The summed E-state index contributed by atoms with van der Waals surface area (Å²) in [5, 5.41) is 7.68. The van der Waals surface area contributed by atoms with Crippen LogP contribution >= 0.6 is 0 Å². The fourth-order valence-corrected chi connectivity index (χ4v) is 3.76. The first-order valence-electron chi connectivity index (χ1n) is 8.16. The molecule has 1 aromatic heterocycles. The molecule has 23 heavy (non-hydrogen) atoms. The van der Waals surface area contributed by atoms with Gasteiger partial charge in [0.05, 0.1) is 24.7 Å². The van der Waals surface area contributed by atoms with E-state index in [-0.39, 0.29) is 30.7 Å². The minimum atomic E-state index is -4.13. The SMILES string of the molecule is O=C(C1CCC(C(F)(F)F)CC1)N1CCC[C@H]1Cn1ccnn1. The van der Waals surface area contributed by atoms with Gasteiger partial charge in [-0.3, -0.25) is 9.48 Å². The van der Waals surface area contributed by atoms with E-state index in [1.165, 1.54) is 0 Å². The number of halogens is 3. The predicted molar refractivity (Wildman–Crippen MR) is 76.3 cm³/mol. The second-order valence-electron chi connectivity index (χ2n) is 6.54.